The van der Waals surface area contributed by atoms with Gasteiger partial charge >= 0.3 is 0 Å². The number of carbonyl (C=O) groups is 4. The third-order valence-corrected chi connectivity index (χ3v) is 12.4. The van der Waals surface area contributed by atoms with Gasteiger partial charge in [-0.05, 0) is 90.2 Å². The number of imide groups is 2. The van der Waals surface area contributed by atoms with E-state index in [1.54, 1.807) is 48.5 Å². The van der Waals surface area contributed by atoms with Gasteiger partial charge in [-0.15, -0.1) is 0 Å². The van der Waals surface area contributed by atoms with Crippen molar-refractivity contribution in [2.45, 2.75) is 37.5 Å². The number of hydrogen-bond donors (Lipinski definition) is 2. The van der Waals surface area contributed by atoms with Crippen LogP contribution in [0, 0.1) is 29.5 Å². The molecule has 0 unspecified atom stereocenters. The number of phenolic OH excluding ortho intramolecular Hbond substituents is 1. The van der Waals surface area contributed by atoms with Gasteiger partial charge in [-0.2, -0.15) is 5.01 Å². The van der Waals surface area contributed by atoms with Crippen LogP contribution in [0.5, 0.6) is 5.75 Å². The van der Waals surface area contributed by atoms with Crippen molar-refractivity contribution in [1.29, 1.82) is 0 Å². The van der Waals surface area contributed by atoms with Gasteiger partial charge in [-0.3, -0.25) is 29.5 Å². The van der Waals surface area contributed by atoms with Crippen molar-refractivity contribution in [3.8, 4) is 5.75 Å². The highest BCUT2D eigenvalue weighted by Gasteiger charge is 2.70. The number of carbonyl (C=O) groups excluding carboxylic acids is 4. The number of fused-ring (bicyclic) bond motifs is 5. The minimum Gasteiger partial charge on any atom is -0.507 e. The number of phenols is 1. The first-order valence-electron chi connectivity index (χ1n) is 18.2. The molecule has 5 aromatic carbocycles. The van der Waals surface area contributed by atoms with Crippen molar-refractivity contribution in [1.82, 2.24) is 5.01 Å². The average Bonchev–Trinajstić information content (AvgIpc) is 3.57. The third-order valence-electron chi connectivity index (χ3n) is 12.1. The smallest absolute Gasteiger partial charge is 0.260 e. The van der Waals surface area contributed by atoms with Crippen LogP contribution < -0.4 is 10.3 Å². The lowest BCUT2D eigenvalue weighted by atomic mass is 9.49. The Morgan fingerprint density at radius 3 is 2.28 bits per heavy atom. The van der Waals surface area contributed by atoms with Gasteiger partial charge in [-0.25, -0.2) is 4.39 Å². The predicted molar refractivity (Wildman–Crippen MR) is 203 cm³/mol. The van der Waals surface area contributed by atoms with Gasteiger partial charge in [0.05, 0.1) is 34.5 Å². The Bertz CT molecular complexity index is 2410. The maximum absolute atomic E-state index is 15.4. The van der Waals surface area contributed by atoms with Crippen molar-refractivity contribution < 1.29 is 28.7 Å². The van der Waals surface area contributed by atoms with E-state index in [-0.39, 0.29) is 30.4 Å². The second kappa shape index (κ2) is 12.7. The van der Waals surface area contributed by atoms with E-state index < -0.39 is 52.6 Å². The van der Waals surface area contributed by atoms with E-state index >= 15 is 4.79 Å². The second-order valence-electron chi connectivity index (χ2n) is 14.6. The molecule has 2 saturated heterocycles. The summed E-state index contributed by atoms with van der Waals surface area (Å²) in [6, 6.07) is 30.6. The second-order valence-corrected chi connectivity index (χ2v) is 15.1. The highest BCUT2D eigenvalue weighted by molar-refractivity contribution is 6.30. The molecule has 6 atom stereocenters. The number of anilines is 2. The van der Waals surface area contributed by atoms with Crippen molar-refractivity contribution in [2.24, 2.45) is 23.7 Å². The quantitative estimate of drug-likeness (QED) is 0.135. The van der Waals surface area contributed by atoms with Gasteiger partial charge in [0, 0.05) is 21.9 Å². The lowest BCUT2D eigenvalue weighted by Crippen LogP contribution is -2.53. The lowest BCUT2D eigenvalue weighted by Gasteiger charge is -2.50. The summed E-state index contributed by atoms with van der Waals surface area (Å²) in [5.74, 6) is -6.26. The Kier molecular flexibility index (Phi) is 7.97. The van der Waals surface area contributed by atoms with Crippen LogP contribution >= 0.6 is 11.6 Å². The molecule has 1 saturated carbocycles. The number of hydrogen-bond acceptors (Lipinski definition) is 6. The standard InChI is InChI=1S/C44H35ClFN3O5/c1-2-24-7-18-30(19-8-24)48-40(51)33-22-21-32-35(37(33)42(48)53)23-36-41(52)49(47-29-16-14-28(46)15-17-29)43(54)44(36,26-10-12-27(45)13-11-26)38(32)34-20-9-25-5-3-4-6-31(25)39(34)50/h3-21,33,35-38,47,50H,2,22-23H2,1H3/t33-,35+,36-,37-,38+,44+/m0/s1. The molecule has 0 bridgehead atoms. The van der Waals surface area contributed by atoms with Gasteiger partial charge in [0.15, 0.2) is 0 Å². The van der Waals surface area contributed by atoms with E-state index in [1.807, 2.05) is 49.4 Å². The van der Waals surface area contributed by atoms with Crippen molar-refractivity contribution in [2.75, 3.05) is 10.3 Å². The van der Waals surface area contributed by atoms with Crippen LogP contribution in [0.15, 0.2) is 121 Å². The average molecular weight is 740 g/mol. The summed E-state index contributed by atoms with van der Waals surface area (Å²) in [6.45, 7) is 2.03. The number of nitrogens with zero attached hydrogens (tertiary/aromatic N) is 2. The largest absolute Gasteiger partial charge is 0.507 e. The molecule has 2 aliphatic carbocycles. The number of allylic oxidation sites excluding steroid dienone is 2. The van der Waals surface area contributed by atoms with Gasteiger partial charge in [-0.1, -0.05) is 90.8 Å². The van der Waals surface area contributed by atoms with E-state index in [2.05, 4.69) is 5.43 Å². The minimum atomic E-state index is -1.61. The van der Waals surface area contributed by atoms with Crippen molar-refractivity contribution in [3.63, 3.8) is 0 Å². The maximum atomic E-state index is 15.4. The fourth-order valence-corrected chi connectivity index (χ4v) is 9.77. The molecule has 0 radical (unpaired) electrons. The molecule has 5 aromatic rings. The molecular weight excluding hydrogens is 705 g/mol. The molecule has 3 fully saturated rings. The fraction of sp³-hybridized carbons (Fsp3) is 0.227. The molecule has 0 aromatic heterocycles. The number of benzene rings is 5. The predicted octanol–water partition coefficient (Wildman–Crippen LogP) is 8.09. The topological polar surface area (TPSA) is 107 Å². The number of hydrazine groups is 1. The van der Waals surface area contributed by atoms with Crippen LogP contribution in [-0.2, 0) is 31.0 Å². The fourth-order valence-electron chi connectivity index (χ4n) is 9.64. The molecule has 2 N–H and O–H groups in total. The first-order valence-corrected chi connectivity index (χ1v) is 18.5. The van der Waals surface area contributed by atoms with Crippen LogP contribution in [0.25, 0.3) is 10.8 Å². The van der Waals surface area contributed by atoms with Gasteiger partial charge in [0.25, 0.3) is 11.8 Å². The number of aryl methyl sites for hydroxylation is 1. The Balaban J connectivity index is 1.26. The normalized spacial score (nSPS) is 26.1. The Morgan fingerprint density at radius 1 is 0.833 bits per heavy atom. The Morgan fingerprint density at radius 2 is 1.56 bits per heavy atom. The maximum Gasteiger partial charge on any atom is 0.260 e. The van der Waals surface area contributed by atoms with Crippen molar-refractivity contribution in [3.05, 3.63) is 148 Å². The summed E-state index contributed by atoms with van der Waals surface area (Å²) in [4.78, 5) is 60.3. The summed E-state index contributed by atoms with van der Waals surface area (Å²) < 4.78 is 13.9. The molecule has 270 valence electrons. The highest BCUT2D eigenvalue weighted by atomic mass is 35.5. The van der Waals surface area contributed by atoms with Crippen LogP contribution in [-0.4, -0.2) is 33.7 Å². The monoisotopic (exact) mass is 739 g/mol. The van der Waals surface area contributed by atoms with Gasteiger partial charge < -0.3 is 5.11 Å². The Hall–Kier alpha value is -5.80. The molecule has 8 nitrogen and oxygen atoms in total. The molecule has 2 heterocycles. The molecule has 4 amide bonds. The number of halogens is 2. The first-order chi connectivity index (χ1) is 26.1. The minimum absolute atomic E-state index is 0.0366. The van der Waals surface area contributed by atoms with Crippen LogP contribution in [0.4, 0.5) is 15.8 Å². The van der Waals surface area contributed by atoms with E-state index in [0.29, 0.717) is 32.9 Å². The lowest BCUT2D eigenvalue weighted by molar-refractivity contribution is -0.138. The highest BCUT2D eigenvalue weighted by Crippen LogP contribution is 2.65. The number of amides is 4. The van der Waals surface area contributed by atoms with E-state index in [0.717, 1.165) is 28.0 Å². The summed E-state index contributed by atoms with van der Waals surface area (Å²) in [7, 11) is 0. The van der Waals surface area contributed by atoms with Crippen molar-refractivity contribution >= 4 is 57.4 Å². The molecule has 9 rings (SSSR count). The molecule has 0 spiro atoms. The molecule has 10 heteroatoms. The zero-order valence-corrected chi connectivity index (χ0v) is 30.0. The van der Waals surface area contributed by atoms with Crippen LogP contribution in [0.3, 0.4) is 0 Å². The third kappa shape index (κ3) is 4.87. The number of aromatic hydroxyl groups is 1. The van der Waals surface area contributed by atoms with Crippen LogP contribution in [0.2, 0.25) is 5.02 Å². The summed E-state index contributed by atoms with van der Waals surface area (Å²) >= 11 is 6.40. The zero-order chi connectivity index (χ0) is 37.5. The Labute approximate surface area is 315 Å². The van der Waals surface area contributed by atoms with E-state index in [1.165, 1.54) is 29.2 Å². The summed E-state index contributed by atoms with van der Waals surface area (Å²) in [6.07, 6.45) is 3.11. The van der Waals surface area contributed by atoms with Gasteiger partial charge in [0.1, 0.15) is 11.6 Å². The summed E-state index contributed by atoms with van der Waals surface area (Å²) in [5.41, 5.74) is 4.92. The molecular formula is C44H35ClFN3O5. The zero-order valence-electron chi connectivity index (χ0n) is 29.2. The molecule has 2 aliphatic heterocycles. The molecule has 54 heavy (non-hydrogen) atoms. The number of nitrogens with one attached hydrogen (secondary N) is 1. The van der Waals surface area contributed by atoms with Gasteiger partial charge in [0.2, 0.25) is 11.8 Å². The van der Waals surface area contributed by atoms with E-state index in [4.69, 9.17) is 11.6 Å². The number of rotatable bonds is 6. The first kappa shape index (κ1) is 34.0. The van der Waals surface area contributed by atoms with Crippen LogP contribution in [0.1, 0.15) is 42.4 Å². The molecule has 4 aliphatic rings. The summed E-state index contributed by atoms with van der Waals surface area (Å²) in [5, 5.41) is 15.0. The van der Waals surface area contributed by atoms with E-state index in [9.17, 15) is 23.9 Å². The SMILES string of the molecule is CCc1ccc(N2C(=O)[C@H]3[C@H](CC=C4[C@H]3C[C@H]3C(=O)N(Nc5ccc(F)cc5)C(=O)[C@@]3(c3ccc(Cl)cc3)[C@H]4c3ccc4ccccc4c3O)C2=O)cc1.